The first-order chi connectivity index (χ1) is 20.7. The number of benzene rings is 6. The van der Waals surface area contributed by atoms with Crippen molar-refractivity contribution in [2.45, 2.75) is 11.3 Å². The van der Waals surface area contributed by atoms with E-state index < -0.39 is 0 Å². The average Bonchev–Trinajstić information content (AvgIpc) is 3.65. The number of furan rings is 1. The van der Waals surface area contributed by atoms with Gasteiger partial charge in [-0.2, -0.15) is 0 Å². The second-order valence-electron chi connectivity index (χ2n) is 10.6. The largest absolute Gasteiger partial charge is 0.456 e. The maximum absolute atomic E-state index is 6.86. The van der Waals surface area contributed by atoms with E-state index in [1.165, 1.54) is 26.1 Å². The fourth-order valence-electron chi connectivity index (χ4n) is 5.88. The normalized spacial score (nSPS) is 14.5. The molecule has 0 aliphatic carbocycles. The van der Waals surface area contributed by atoms with Crippen LogP contribution in [0.4, 0.5) is 0 Å². The molecule has 2 heterocycles. The van der Waals surface area contributed by atoms with Gasteiger partial charge in [-0.05, 0) is 57.8 Å². The maximum Gasteiger partial charge on any atom is 0.136 e. The van der Waals surface area contributed by atoms with Gasteiger partial charge in [-0.3, -0.25) is 0 Å². The molecule has 2 N–H and O–H groups in total. The molecule has 0 radical (unpaired) electrons. The Morgan fingerprint density at radius 3 is 2.31 bits per heavy atom. The molecule has 0 spiro atoms. The van der Waals surface area contributed by atoms with Gasteiger partial charge >= 0.3 is 0 Å². The molecular weight excluding hydrogens is 532 g/mol. The number of amidine groups is 1. The van der Waals surface area contributed by atoms with E-state index in [0.29, 0.717) is 5.84 Å². The lowest BCUT2D eigenvalue weighted by molar-refractivity contribution is 0.669. The average molecular weight is 559 g/mol. The second kappa shape index (κ2) is 10.1. The molecule has 0 bridgehead atoms. The van der Waals surface area contributed by atoms with E-state index in [2.05, 4.69) is 97.1 Å². The summed E-state index contributed by atoms with van der Waals surface area (Å²) in [4.78, 5) is 7.61. The van der Waals surface area contributed by atoms with Gasteiger partial charge in [0.25, 0.3) is 0 Å². The second-order valence-corrected chi connectivity index (χ2v) is 11.7. The van der Waals surface area contributed by atoms with Crippen molar-refractivity contribution in [2.24, 2.45) is 10.7 Å². The molecule has 1 aliphatic heterocycles. The molecule has 42 heavy (non-hydrogen) atoms. The van der Waals surface area contributed by atoms with Crippen LogP contribution in [0.25, 0.3) is 49.5 Å². The fraction of sp³-hybridized carbons (Fsp3) is 0.0263. The number of aliphatic imine (C=N–C) groups is 1. The van der Waals surface area contributed by atoms with Gasteiger partial charge in [0.05, 0.1) is 5.70 Å². The minimum absolute atomic E-state index is 0.477. The third kappa shape index (κ3) is 4.28. The fourth-order valence-corrected chi connectivity index (χ4v) is 7.05. The van der Waals surface area contributed by atoms with E-state index in [1.807, 2.05) is 36.4 Å². The third-order valence-electron chi connectivity index (χ3n) is 7.96. The quantitative estimate of drug-likeness (QED) is 0.173. The summed E-state index contributed by atoms with van der Waals surface area (Å²) < 4.78 is 6.40. The van der Waals surface area contributed by atoms with Gasteiger partial charge in [-0.15, -0.1) is 0 Å². The van der Waals surface area contributed by atoms with Crippen LogP contribution in [0.3, 0.4) is 0 Å². The molecule has 0 unspecified atom stereocenters. The number of nitrogens with zero attached hydrogens (tertiary/aromatic N) is 1. The number of nitrogens with two attached hydrogens (primary N) is 1. The lowest BCUT2D eigenvalue weighted by atomic mass is 9.99. The lowest BCUT2D eigenvalue weighted by Crippen LogP contribution is -2.14. The van der Waals surface area contributed by atoms with Crippen LogP contribution in [0.1, 0.15) is 16.7 Å². The van der Waals surface area contributed by atoms with E-state index in [9.17, 15) is 0 Å². The Kier molecular flexibility index (Phi) is 5.94. The van der Waals surface area contributed by atoms with E-state index >= 15 is 0 Å². The maximum atomic E-state index is 6.86. The monoisotopic (exact) mass is 558 g/mol. The lowest BCUT2D eigenvalue weighted by Gasteiger charge is -2.10. The van der Waals surface area contributed by atoms with Gasteiger partial charge < -0.3 is 10.2 Å². The van der Waals surface area contributed by atoms with Crippen LogP contribution < -0.4 is 5.73 Å². The number of rotatable bonds is 4. The first-order valence-electron chi connectivity index (χ1n) is 14.0. The summed E-state index contributed by atoms with van der Waals surface area (Å²) in [6, 6.07) is 46.3. The predicted octanol–water partition coefficient (Wildman–Crippen LogP) is 9.83. The van der Waals surface area contributed by atoms with E-state index in [4.69, 9.17) is 15.1 Å². The minimum atomic E-state index is 0.477. The number of allylic oxidation sites excluding steroid dienone is 1. The molecule has 0 saturated heterocycles. The van der Waals surface area contributed by atoms with Crippen LogP contribution in [0.15, 0.2) is 153 Å². The third-order valence-corrected chi connectivity index (χ3v) is 9.16. The molecule has 6 aromatic carbocycles. The van der Waals surface area contributed by atoms with Gasteiger partial charge in [0.1, 0.15) is 17.0 Å². The molecule has 1 aliphatic rings. The summed E-state index contributed by atoms with van der Waals surface area (Å²) in [6.07, 6.45) is 0.845. The van der Waals surface area contributed by atoms with Crippen molar-refractivity contribution in [3.05, 3.63) is 155 Å². The minimum Gasteiger partial charge on any atom is -0.456 e. The standard InChI is InChI=1S/C38H26N2OS/c39-38(40-37(25-10-2-1-3-11-25)35-23-29-13-6-7-16-34(29)42-35)31-14-8-15-32-36(31)30-20-19-28(22-33(30)41-32)27-18-17-24-9-4-5-12-26(24)21-27/h1-22H,23H2,(H2,39,40)/b37-35+. The van der Waals surface area contributed by atoms with Gasteiger partial charge in [0.2, 0.25) is 0 Å². The molecule has 7 aromatic rings. The number of hydrogen-bond acceptors (Lipinski definition) is 3. The van der Waals surface area contributed by atoms with Gasteiger partial charge in [0.15, 0.2) is 0 Å². The molecule has 3 nitrogen and oxygen atoms in total. The Hall–Kier alpha value is -5.06. The Bertz CT molecular complexity index is 2180. The zero-order valence-electron chi connectivity index (χ0n) is 22.7. The molecule has 1 aromatic heterocycles. The highest BCUT2D eigenvalue weighted by molar-refractivity contribution is 8.03. The van der Waals surface area contributed by atoms with Crippen molar-refractivity contribution in [3.8, 4) is 11.1 Å². The van der Waals surface area contributed by atoms with E-state index in [-0.39, 0.29) is 0 Å². The Labute approximate surface area is 248 Å². The van der Waals surface area contributed by atoms with Crippen molar-refractivity contribution < 1.29 is 4.42 Å². The van der Waals surface area contributed by atoms with Crippen molar-refractivity contribution >= 4 is 56.0 Å². The summed E-state index contributed by atoms with van der Waals surface area (Å²) in [5.41, 5.74) is 14.9. The summed E-state index contributed by atoms with van der Waals surface area (Å²) in [6.45, 7) is 0. The zero-order valence-corrected chi connectivity index (χ0v) is 23.6. The van der Waals surface area contributed by atoms with E-state index in [1.54, 1.807) is 11.8 Å². The van der Waals surface area contributed by atoms with Crippen LogP contribution in [-0.2, 0) is 6.42 Å². The van der Waals surface area contributed by atoms with Crippen LogP contribution in [0.2, 0.25) is 0 Å². The first-order valence-corrected chi connectivity index (χ1v) is 14.9. The van der Waals surface area contributed by atoms with Crippen molar-refractivity contribution in [2.75, 3.05) is 0 Å². The Morgan fingerprint density at radius 1 is 0.667 bits per heavy atom. The van der Waals surface area contributed by atoms with Gasteiger partial charge in [-0.25, -0.2) is 4.99 Å². The van der Waals surface area contributed by atoms with Crippen LogP contribution in [-0.4, -0.2) is 5.84 Å². The van der Waals surface area contributed by atoms with Crippen LogP contribution in [0, 0.1) is 0 Å². The van der Waals surface area contributed by atoms with Crippen LogP contribution >= 0.6 is 11.8 Å². The number of fused-ring (bicyclic) bond motifs is 5. The summed E-state index contributed by atoms with van der Waals surface area (Å²) in [7, 11) is 0. The molecule has 0 fully saturated rings. The smallest absolute Gasteiger partial charge is 0.136 e. The summed E-state index contributed by atoms with van der Waals surface area (Å²) in [5, 5.41) is 4.46. The topological polar surface area (TPSA) is 51.5 Å². The van der Waals surface area contributed by atoms with Crippen molar-refractivity contribution in [1.82, 2.24) is 0 Å². The number of hydrogen-bond donors (Lipinski definition) is 1. The molecule has 4 heteroatoms. The Balaban J connectivity index is 1.24. The summed E-state index contributed by atoms with van der Waals surface area (Å²) >= 11 is 1.78. The highest BCUT2D eigenvalue weighted by atomic mass is 32.2. The van der Waals surface area contributed by atoms with E-state index in [0.717, 1.165) is 56.3 Å². The molecule has 0 atom stereocenters. The van der Waals surface area contributed by atoms with Gasteiger partial charge in [0, 0.05) is 38.1 Å². The highest BCUT2D eigenvalue weighted by Crippen LogP contribution is 2.44. The first kappa shape index (κ1) is 24.7. The number of thioether (sulfide) groups is 1. The Morgan fingerprint density at radius 2 is 1.43 bits per heavy atom. The molecule has 8 rings (SSSR count). The molecule has 0 amide bonds. The summed E-state index contributed by atoms with van der Waals surface area (Å²) in [5.74, 6) is 0.477. The molecule has 0 saturated carbocycles. The molecular formula is C38H26N2OS. The van der Waals surface area contributed by atoms with Crippen LogP contribution in [0.5, 0.6) is 0 Å². The van der Waals surface area contributed by atoms with Crippen molar-refractivity contribution in [1.29, 1.82) is 0 Å². The zero-order chi connectivity index (χ0) is 28.0. The molecule has 200 valence electrons. The SMILES string of the molecule is N/C(=N\C(=C1/Cc2ccccc2S1)c1ccccc1)c1cccc2oc3cc(-c4ccc5ccccc5c4)ccc3c12. The highest BCUT2D eigenvalue weighted by Gasteiger charge is 2.21. The van der Waals surface area contributed by atoms with Gasteiger partial charge in [-0.1, -0.05) is 115 Å². The van der Waals surface area contributed by atoms with Crippen molar-refractivity contribution in [3.63, 3.8) is 0 Å². The predicted molar refractivity (Wildman–Crippen MR) is 177 cm³/mol.